The maximum Gasteiger partial charge on any atom is 0.308 e. The fourth-order valence-electron chi connectivity index (χ4n) is 3.79. The molecule has 2 heterocycles. The van der Waals surface area contributed by atoms with Crippen molar-refractivity contribution in [2.45, 2.75) is 19.4 Å². The summed E-state index contributed by atoms with van der Waals surface area (Å²) >= 11 is 0. The summed E-state index contributed by atoms with van der Waals surface area (Å²) < 4.78 is 0. The molecular weight excluding hydrogens is 280 g/mol. The number of likely N-dealkylation sites (tertiary alicyclic amines) is 1. The van der Waals surface area contributed by atoms with Gasteiger partial charge in [0.25, 0.3) is 0 Å². The Hall–Kier alpha value is -1.88. The highest BCUT2D eigenvalue weighted by Gasteiger charge is 2.44. The highest BCUT2D eigenvalue weighted by molar-refractivity contribution is 5.99. The van der Waals surface area contributed by atoms with Crippen LogP contribution < -0.4 is 4.90 Å². The van der Waals surface area contributed by atoms with E-state index in [1.807, 2.05) is 12.1 Å². The van der Waals surface area contributed by atoms with Crippen LogP contribution in [0.5, 0.6) is 0 Å². The largest absolute Gasteiger partial charge is 0.481 e. The minimum Gasteiger partial charge on any atom is -0.481 e. The van der Waals surface area contributed by atoms with Crippen LogP contribution in [0.4, 0.5) is 5.69 Å². The maximum absolute atomic E-state index is 11.9. The number of anilines is 1. The van der Waals surface area contributed by atoms with Gasteiger partial charge in [0, 0.05) is 38.3 Å². The van der Waals surface area contributed by atoms with Crippen LogP contribution in [0.2, 0.25) is 0 Å². The van der Waals surface area contributed by atoms with Crippen LogP contribution in [-0.2, 0) is 16.1 Å². The number of piperidine rings is 1. The summed E-state index contributed by atoms with van der Waals surface area (Å²) in [5.41, 5.74) is 2.06. The van der Waals surface area contributed by atoms with Crippen LogP contribution in [0.25, 0.3) is 0 Å². The molecule has 2 saturated heterocycles. The Bertz CT molecular complexity index is 603. The lowest BCUT2D eigenvalue weighted by Crippen LogP contribution is -2.26. The van der Waals surface area contributed by atoms with Crippen molar-refractivity contribution in [1.29, 1.82) is 0 Å². The number of nitrogens with zero attached hydrogens (tertiary/aromatic N) is 2. The van der Waals surface area contributed by atoms with Crippen LogP contribution in [-0.4, -0.2) is 41.5 Å². The van der Waals surface area contributed by atoms with Gasteiger partial charge in [-0.25, -0.2) is 0 Å². The molecular formula is C17H20N2O3. The summed E-state index contributed by atoms with van der Waals surface area (Å²) in [5, 5.41) is 9.04. The predicted octanol–water partition coefficient (Wildman–Crippen LogP) is 1.58. The molecule has 0 bridgehead atoms. The molecule has 1 saturated carbocycles. The van der Waals surface area contributed by atoms with E-state index in [4.69, 9.17) is 5.11 Å². The molecule has 0 aromatic heterocycles. The zero-order valence-corrected chi connectivity index (χ0v) is 12.4. The van der Waals surface area contributed by atoms with Gasteiger partial charge in [0.1, 0.15) is 0 Å². The van der Waals surface area contributed by atoms with Gasteiger partial charge < -0.3 is 10.0 Å². The summed E-state index contributed by atoms with van der Waals surface area (Å²) in [6.45, 7) is 3.69. The van der Waals surface area contributed by atoms with E-state index < -0.39 is 11.9 Å². The van der Waals surface area contributed by atoms with E-state index in [1.54, 1.807) is 4.90 Å². The molecule has 0 spiro atoms. The van der Waals surface area contributed by atoms with Gasteiger partial charge in [0.05, 0.1) is 5.92 Å². The number of carbonyl (C=O) groups excluding carboxylic acids is 1. The summed E-state index contributed by atoms with van der Waals surface area (Å²) in [4.78, 5) is 27.1. The summed E-state index contributed by atoms with van der Waals surface area (Å²) in [7, 11) is 0. The Labute approximate surface area is 129 Å². The third kappa shape index (κ3) is 2.50. The zero-order valence-electron chi connectivity index (χ0n) is 12.4. The fraction of sp³-hybridized carbons (Fsp3) is 0.529. The van der Waals surface area contributed by atoms with Crippen molar-refractivity contribution >= 4 is 17.6 Å². The van der Waals surface area contributed by atoms with Crippen LogP contribution in [0.1, 0.15) is 18.4 Å². The van der Waals surface area contributed by atoms with Crippen molar-refractivity contribution in [1.82, 2.24) is 4.90 Å². The second kappa shape index (κ2) is 5.09. The van der Waals surface area contributed by atoms with Crippen molar-refractivity contribution in [2.75, 3.05) is 24.5 Å². The number of rotatable bonds is 4. The van der Waals surface area contributed by atoms with Crippen molar-refractivity contribution in [3.05, 3.63) is 29.8 Å². The predicted molar refractivity (Wildman–Crippen MR) is 81.4 cm³/mol. The minimum absolute atomic E-state index is 0.0974. The first kappa shape index (κ1) is 13.8. The second-order valence-corrected chi connectivity index (χ2v) is 6.86. The summed E-state index contributed by atoms with van der Waals surface area (Å²) in [6.07, 6.45) is 1.52. The molecule has 2 aliphatic heterocycles. The number of fused-ring (bicyclic) bond motifs is 1. The van der Waals surface area contributed by atoms with Gasteiger partial charge in [0.2, 0.25) is 5.91 Å². The Balaban J connectivity index is 1.41. The summed E-state index contributed by atoms with van der Waals surface area (Å²) in [5.74, 6) is 0.312. The molecule has 4 rings (SSSR count). The normalized spacial score (nSPS) is 30.6. The van der Waals surface area contributed by atoms with Gasteiger partial charge in [-0.15, -0.1) is 0 Å². The Morgan fingerprint density at radius 1 is 1.14 bits per heavy atom. The lowest BCUT2D eigenvalue weighted by atomic mass is 10.1. The van der Waals surface area contributed by atoms with Gasteiger partial charge in [-0.05, 0) is 36.0 Å². The zero-order chi connectivity index (χ0) is 15.3. The molecule has 1 aromatic carbocycles. The third-order valence-electron chi connectivity index (χ3n) is 5.18. The number of carbonyl (C=O) groups is 2. The monoisotopic (exact) mass is 300 g/mol. The quantitative estimate of drug-likeness (QED) is 0.917. The van der Waals surface area contributed by atoms with Gasteiger partial charge in [-0.2, -0.15) is 0 Å². The second-order valence-electron chi connectivity index (χ2n) is 6.86. The van der Waals surface area contributed by atoms with Crippen LogP contribution in [0, 0.1) is 17.8 Å². The molecule has 3 aliphatic rings. The van der Waals surface area contributed by atoms with E-state index in [2.05, 4.69) is 17.0 Å². The first-order chi connectivity index (χ1) is 10.6. The molecule has 1 aromatic rings. The number of amides is 1. The Morgan fingerprint density at radius 2 is 1.82 bits per heavy atom. The molecule has 22 heavy (non-hydrogen) atoms. The molecule has 1 N–H and O–H groups in total. The van der Waals surface area contributed by atoms with Crippen molar-refractivity contribution < 1.29 is 14.7 Å². The minimum atomic E-state index is -0.889. The molecule has 2 unspecified atom stereocenters. The van der Waals surface area contributed by atoms with E-state index >= 15 is 0 Å². The number of benzene rings is 1. The number of carboxylic acids is 1. The average Bonchev–Trinajstić information content (AvgIpc) is 2.92. The molecule has 5 nitrogen and oxygen atoms in total. The van der Waals surface area contributed by atoms with Crippen molar-refractivity contribution in [3.8, 4) is 0 Å². The molecule has 1 amide bonds. The molecule has 116 valence electrons. The summed E-state index contributed by atoms with van der Waals surface area (Å²) in [6, 6.07) is 7.99. The standard InChI is InChI=1S/C17H20N2O3/c20-16-6-14(17(21)22)10-19(16)15-3-1-11(2-4-15)7-18-8-12-5-13(12)9-18/h1-4,12-14H,5-10H2,(H,21,22)/t12?,13?,14-/m0/s1. The van der Waals surface area contributed by atoms with Crippen LogP contribution >= 0.6 is 0 Å². The highest BCUT2D eigenvalue weighted by Crippen LogP contribution is 2.45. The molecule has 3 atom stereocenters. The van der Waals surface area contributed by atoms with Gasteiger partial charge in [-0.1, -0.05) is 12.1 Å². The molecule has 5 heteroatoms. The smallest absolute Gasteiger partial charge is 0.308 e. The Morgan fingerprint density at radius 3 is 2.41 bits per heavy atom. The van der Waals surface area contributed by atoms with Crippen molar-refractivity contribution in [2.24, 2.45) is 17.8 Å². The average molecular weight is 300 g/mol. The van der Waals surface area contributed by atoms with E-state index in [-0.39, 0.29) is 18.9 Å². The molecule has 3 fully saturated rings. The maximum atomic E-state index is 11.9. The number of hydrogen-bond donors (Lipinski definition) is 1. The Kier molecular flexibility index (Phi) is 3.18. The SMILES string of the molecule is O=C(O)[C@H]1CC(=O)N(c2ccc(CN3CC4CC4C3)cc2)C1. The van der Waals surface area contributed by atoms with Gasteiger partial charge in [-0.3, -0.25) is 14.5 Å². The number of hydrogen-bond acceptors (Lipinski definition) is 3. The topological polar surface area (TPSA) is 60.9 Å². The number of aliphatic carboxylic acids is 1. The first-order valence-corrected chi connectivity index (χ1v) is 7.94. The lowest BCUT2D eigenvalue weighted by Gasteiger charge is -2.19. The third-order valence-corrected chi connectivity index (χ3v) is 5.18. The first-order valence-electron chi connectivity index (χ1n) is 7.94. The fourth-order valence-corrected chi connectivity index (χ4v) is 3.79. The lowest BCUT2D eigenvalue weighted by molar-refractivity contribution is -0.141. The van der Waals surface area contributed by atoms with E-state index in [1.165, 1.54) is 25.1 Å². The van der Waals surface area contributed by atoms with E-state index in [0.717, 1.165) is 24.1 Å². The highest BCUT2D eigenvalue weighted by atomic mass is 16.4. The van der Waals surface area contributed by atoms with E-state index in [0.29, 0.717) is 0 Å². The molecule has 1 aliphatic carbocycles. The number of carboxylic acid groups (broad SMARTS) is 1. The van der Waals surface area contributed by atoms with Crippen LogP contribution in [0.15, 0.2) is 24.3 Å². The van der Waals surface area contributed by atoms with Gasteiger partial charge >= 0.3 is 5.97 Å². The van der Waals surface area contributed by atoms with Crippen molar-refractivity contribution in [3.63, 3.8) is 0 Å². The van der Waals surface area contributed by atoms with Gasteiger partial charge in [0.15, 0.2) is 0 Å². The van der Waals surface area contributed by atoms with Crippen LogP contribution in [0.3, 0.4) is 0 Å². The van der Waals surface area contributed by atoms with E-state index in [9.17, 15) is 9.59 Å². The molecule has 0 radical (unpaired) electrons.